The molecule has 0 radical (unpaired) electrons. The highest BCUT2D eigenvalue weighted by atomic mass is 32.2. The van der Waals surface area contributed by atoms with Crippen LogP contribution in [0.1, 0.15) is 33.1 Å². The molecule has 0 saturated carbocycles. The van der Waals surface area contributed by atoms with E-state index >= 15 is 0 Å². The van der Waals surface area contributed by atoms with Crippen LogP contribution in [0.5, 0.6) is 0 Å². The van der Waals surface area contributed by atoms with Crippen molar-refractivity contribution in [2.75, 3.05) is 5.32 Å². The first-order chi connectivity index (χ1) is 8.44. The van der Waals surface area contributed by atoms with Crippen molar-refractivity contribution < 1.29 is 13.2 Å². The lowest BCUT2D eigenvalue weighted by atomic mass is 10.1. The van der Waals surface area contributed by atoms with Gasteiger partial charge in [0.2, 0.25) is 0 Å². The third kappa shape index (κ3) is 5.67. The van der Waals surface area contributed by atoms with Gasteiger partial charge in [-0.25, -0.2) is 0 Å². The summed E-state index contributed by atoms with van der Waals surface area (Å²) in [5.41, 5.74) is -3.34. The molecule has 1 unspecified atom stereocenters. The van der Waals surface area contributed by atoms with E-state index in [1.54, 1.807) is 12.1 Å². The molecule has 102 valence electrons. The van der Waals surface area contributed by atoms with E-state index in [2.05, 4.69) is 19.2 Å². The van der Waals surface area contributed by atoms with Crippen LogP contribution >= 0.6 is 11.8 Å². The SMILES string of the molecule is CCCC(CC)Nc1ccc(SC(F)(F)F)cc1. The predicted molar refractivity (Wildman–Crippen MR) is 71.0 cm³/mol. The van der Waals surface area contributed by atoms with Gasteiger partial charge in [-0.15, -0.1) is 0 Å². The fourth-order valence-electron chi connectivity index (χ4n) is 1.72. The Labute approximate surface area is 110 Å². The Morgan fingerprint density at radius 2 is 1.78 bits per heavy atom. The zero-order valence-electron chi connectivity index (χ0n) is 10.6. The van der Waals surface area contributed by atoms with E-state index in [0.29, 0.717) is 6.04 Å². The van der Waals surface area contributed by atoms with Gasteiger partial charge in [0.25, 0.3) is 0 Å². The highest BCUT2D eigenvalue weighted by Crippen LogP contribution is 2.37. The smallest absolute Gasteiger partial charge is 0.382 e. The molecular formula is C13H18F3NS. The number of benzene rings is 1. The van der Waals surface area contributed by atoms with E-state index in [0.717, 1.165) is 24.9 Å². The summed E-state index contributed by atoms with van der Waals surface area (Å²) < 4.78 is 36.5. The van der Waals surface area contributed by atoms with Gasteiger partial charge in [-0.2, -0.15) is 13.2 Å². The third-order valence-corrected chi connectivity index (χ3v) is 3.33. The van der Waals surface area contributed by atoms with Gasteiger partial charge < -0.3 is 5.32 Å². The Kier molecular flexibility index (Phi) is 5.85. The Bertz CT molecular complexity index is 348. The maximum Gasteiger partial charge on any atom is 0.446 e. The molecule has 1 aromatic carbocycles. The van der Waals surface area contributed by atoms with Crippen molar-refractivity contribution in [2.45, 2.75) is 49.6 Å². The molecular weight excluding hydrogens is 259 g/mol. The second-order valence-corrected chi connectivity index (χ2v) is 5.25. The van der Waals surface area contributed by atoms with Crippen LogP contribution in [0.4, 0.5) is 18.9 Å². The maximum atomic E-state index is 12.2. The van der Waals surface area contributed by atoms with Crippen molar-refractivity contribution in [1.29, 1.82) is 0 Å². The topological polar surface area (TPSA) is 12.0 Å². The van der Waals surface area contributed by atoms with Crippen molar-refractivity contribution in [2.24, 2.45) is 0 Å². The minimum atomic E-state index is -4.22. The number of thioether (sulfide) groups is 1. The van der Waals surface area contributed by atoms with Gasteiger partial charge in [-0.3, -0.25) is 0 Å². The standard InChI is InChI=1S/C13H18F3NS/c1-3-5-10(4-2)17-11-6-8-12(9-7-11)18-13(14,15)16/h6-10,17H,3-5H2,1-2H3. The molecule has 0 saturated heterocycles. The van der Waals surface area contributed by atoms with Crippen LogP contribution in [0.2, 0.25) is 0 Å². The molecule has 0 aliphatic carbocycles. The lowest BCUT2D eigenvalue weighted by Gasteiger charge is -2.17. The van der Waals surface area contributed by atoms with E-state index in [1.807, 2.05) is 0 Å². The van der Waals surface area contributed by atoms with E-state index in [9.17, 15) is 13.2 Å². The molecule has 0 spiro atoms. The lowest BCUT2D eigenvalue weighted by Crippen LogP contribution is -2.17. The Morgan fingerprint density at radius 1 is 1.17 bits per heavy atom. The number of nitrogens with one attached hydrogen (secondary N) is 1. The van der Waals surface area contributed by atoms with Crippen molar-refractivity contribution in [3.63, 3.8) is 0 Å². The molecule has 1 nitrogen and oxygen atoms in total. The van der Waals surface area contributed by atoms with Gasteiger partial charge in [0.15, 0.2) is 0 Å². The van der Waals surface area contributed by atoms with Gasteiger partial charge >= 0.3 is 5.51 Å². The van der Waals surface area contributed by atoms with Crippen molar-refractivity contribution >= 4 is 17.4 Å². The van der Waals surface area contributed by atoms with Crippen LogP contribution < -0.4 is 5.32 Å². The first kappa shape index (κ1) is 15.2. The van der Waals surface area contributed by atoms with Gasteiger partial charge in [0.05, 0.1) is 0 Å². The molecule has 0 aliphatic rings. The fourth-order valence-corrected chi connectivity index (χ4v) is 2.25. The maximum absolute atomic E-state index is 12.2. The minimum Gasteiger partial charge on any atom is -0.382 e. The third-order valence-electron chi connectivity index (χ3n) is 2.59. The normalized spacial score (nSPS) is 13.4. The summed E-state index contributed by atoms with van der Waals surface area (Å²) in [6.07, 6.45) is 3.16. The van der Waals surface area contributed by atoms with Crippen molar-refractivity contribution in [3.8, 4) is 0 Å². The Morgan fingerprint density at radius 3 is 2.22 bits per heavy atom. The summed E-state index contributed by atoms with van der Waals surface area (Å²) >= 11 is -0.0834. The van der Waals surface area contributed by atoms with E-state index in [-0.39, 0.29) is 16.7 Å². The molecule has 5 heteroatoms. The number of anilines is 1. The second kappa shape index (κ2) is 6.92. The second-order valence-electron chi connectivity index (χ2n) is 4.11. The quantitative estimate of drug-likeness (QED) is 0.709. The minimum absolute atomic E-state index is 0.0834. The van der Waals surface area contributed by atoms with Crippen LogP contribution in [-0.2, 0) is 0 Å². The lowest BCUT2D eigenvalue weighted by molar-refractivity contribution is -0.0328. The van der Waals surface area contributed by atoms with Gasteiger partial charge in [-0.05, 0) is 48.9 Å². The molecule has 18 heavy (non-hydrogen) atoms. The highest BCUT2D eigenvalue weighted by Gasteiger charge is 2.28. The summed E-state index contributed by atoms with van der Waals surface area (Å²) in [5.74, 6) is 0. The zero-order valence-corrected chi connectivity index (χ0v) is 11.4. The van der Waals surface area contributed by atoms with Crippen molar-refractivity contribution in [1.82, 2.24) is 0 Å². The molecule has 1 atom stereocenters. The summed E-state index contributed by atoms with van der Waals surface area (Å²) in [6.45, 7) is 4.22. The number of hydrogen-bond donors (Lipinski definition) is 1. The van der Waals surface area contributed by atoms with Crippen molar-refractivity contribution in [3.05, 3.63) is 24.3 Å². The van der Waals surface area contributed by atoms with Crippen LogP contribution in [0.3, 0.4) is 0 Å². The van der Waals surface area contributed by atoms with Gasteiger partial charge in [-0.1, -0.05) is 20.3 Å². The van der Waals surface area contributed by atoms with Crippen LogP contribution in [0.25, 0.3) is 0 Å². The highest BCUT2D eigenvalue weighted by molar-refractivity contribution is 8.00. The van der Waals surface area contributed by atoms with E-state index in [4.69, 9.17) is 0 Å². The molecule has 1 N–H and O–H groups in total. The molecule has 0 bridgehead atoms. The first-order valence-corrected chi connectivity index (χ1v) is 6.88. The van der Waals surface area contributed by atoms with E-state index in [1.165, 1.54) is 12.1 Å². The average Bonchev–Trinajstić information content (AvgIpc) is 2.29. The number of halogens is 3. The summed E-state index contributed by atoms with van der Waals surface area (Å²) in [7, 11) is 0. The molecule has 0 aliphatic heterocycles. The zero-order chi connectivity index (χ0) is 13.6. The molecule has 0 fully saturated rings. The summed E-state index contributed by atoms with van der Waals surface area (Å²) in [5, 5.41) is 3.33. The number of alkyl halides is 3. The Hall–Kier alpha value is -0.840. The number of rotatable bonds is 6. The van der Waals surface area contributed by atoms with Gasteiger partial charge in [0.1, 0.15) is 0 Å². The average molecular weight is 277 g/mol. The molecule has 0 amide bonds. The Balaban J connectivity index is 2.59. The van der Waals surface area contributed by atoms with Crippen LogP contribution in [-0.4, -0.2) is 11.6 Å². The fraction of sp³-hybridized carbons (Fsp3) is 0.538. The largest absolute Gasteiger partial charge is 0.446 e. The summed E-state index contributed by atoms with van der Waals surface area (Å²) in [4.78, 5) is 0.219. The summed E-state index contributed by atoms with van der Waals surface area (Å²) in [6, 6.07) is 6.79. The first-order valence-electron chi connectivity index (χ1n) is 6.07. The monoisotopic (exact) mass is 277 g/mol. The van der Waals surface area contributed by atoms with Crippen LogP contribution in [0.15, 0.2) is 29.2 Å². The molecule has 1 aromatic rings. The number of hydrogen-bond acceptors (Lipinski definition) is 2. The molecule has 1 rings (SSSR count). The van der Waals surface area contributed by atoms with Crippen LogP contribution in [0, 0.1) is 0 Å². The molecule has 0 heterocycles. The predicted octanol–water partition coefficient (Wildman–Crippen LogP) is 5.29. The van der Waals surface area contributed by atoms with Gasteiger partial charge in [0, 0.05) is 16.6 Å². The van der Waals surface area contributed by atoms with E-state index < -0.39 is 5.51 Å². The molecule has 0 aromatic heterocycles.